The van der Waals surface area contributed by atoms with Crippen molar-refractivity contribution in [1.82, 2.24) is 30.1 Å². The number of ether oxygens (including phenoxy) is 2. The van der Waals surface area contributed by atoms with Crippen LogP contribution < -0.4 is 15.4 Å². The minimum Gasteiger partial charge on any atom is -0.477 e. The van der Waals surface area contributed by atoms with E-state index in [4.69, 9.17) is 9.47 Å². The molecule has 3 N–H and O–H groups in total. The van der Waals surface area contributed by atoms with Gasteiger partial charge in [0.2, 0.25) is 5.88 Å². The Bertz CT molecular complexity index is 1010. The number of amides is 1. The lowest BCUT2D eigenvalue weighted by atomic mass is 10.0. The zero-order valence-electron chi connectivity index (χ0n) is 17.4. The van der Waals surface area contributed by atoms with E-state index in [0.717, 1.165) is 30.5 Å². The van der Waals surface area contributed by atoms with E-state index in [1.54, 1.807) is 16.9 Å². The number of alkyl carbamates (subject to hydrolysis) is 1. The maximum Gasteiger partial charge on any atom is 0.407 e. The van der Waals surface area contributed by atoms with Gasteiger partial charge in [-0.2, -0.15) is 5.10 Å². The minimum absolute atomic E-state index is 0.0643. The summed E-state index contributed by atoms with van der Waals surface area (Å²) in [6.45, 7) is 6.29. The van der Waals surface area contributed by atoms with Gasteiger partial charge in [0.15, 0.2) is 11.6 Å². The molecule has 2 atom stereocenters. The summed E-state index contributed by atoms with van der Waals surface area (Å²) in [5.41, 5.74) is 1.82. The summed E-state index contributed by atoms with van der Waals surface area (Å²) >= 11 is 0. The maximum absolute atomic E-state index is 11.8. The van der Waals surface area contributed by atoms with Crippen LogP contribution in [0.15, 0.2) is 24.5 Å². The first-order valence-corrected chi connectivity index (χ1v) is 10.3. The van der Waals surface area contributed by atoms with Crippen molar-refractivity contribution in [3.8, 4) is 5.88 Å². The highest BCUT2D eigenvalue weighted by Gasteiger charge is 2.30. The molecule has 160 valence electrons. The molecule has 0 aromatic carbocycles. The lowest BCUT2D eigenvalue weighted by molar-refractivity contribution is 0.0981. The molecule has 1 fully saturated rings. The largest absolute Gasteiger partial charge is 0.477 e. The molecule has 1 aliphatic carbocycles. The third-order valence-corrected chi connectivity index (χ3v) is 5.01. The highest BCUT2D eigenvalue weighted by Crippen LogP contribution is 2.36. The Kier molecular flexibility index (Phi) is 5.73. The Labute approximate surface area is 174 Å². The number of hydrogen-bond acceptors (Lipinski definition) is 7. The third kappa shape index (κ3) is 4.47. The number of hydrogen-bond donors (Lipinski definition) is 3. The van der Waals surface area contributed by atoms with E-state index in [-0.39, 0.29) is 24.2 Å². The lowest BCUT2D eigenvalue weighted by Gasteiger charge is -2.14. The van der Waals surface area contributed by atoms with E-state index in [9.17, 15) is 4.79 Å². The van der Waals surface area contributed by atoms with Crippen LogP contribution >= 0.6 is 0 Å². The van der Waals surface area contributed by atoms with E-state index in [2.05, 4.69) is 30.9 Å². The summed E-state index contributed by atoms with van der Waals surface area (Å²) in [5, 5.41) is 17.9. The van der Waals surface area contributed by atoms with Gasteiger partial charge in [0.05, 0.1) is 6.61 Å². The van der Waals surface area contributed by atoms with Gasteiger partial charge < -0.3 is 20.1 Å². The Balaban J connectivity index is 1.40. The number of aromatic amines is 1. The smallest absolute Gasteiger partial charge is 0.407 e. The first-order valence-electron chi connectivity index (χ1n) is 10.3. The van der Waals surface area contributed by atoms with Crippen LogP contribution in [0.25, 0.3) is 5.52 Å². The van der Waals surface area contributed by atoms with Crippen LogP contribution in [-0.2, 0) is 4.74 Å². The van der Waals surface area contributed by atoms with E-state index in [1.165, 1.54) is 0 Å². The molecular formula is C20H27N7O3. The molecule has 3 aromatic heterocycles. The van der Waals surface area contributed by atoms with Gasteiger partial charge in [0.25, 0.3) is 0 Å². The summed E-state index contributed by atoms with van der Waals surface area (Å²) in [6, 6.07) is 3.88. The van der Waals surface area contributed by atoms with Crippen molar-refractivity contribution < 1.29 is 14.3 Å². The quantitative estimate of drug-likeness (QED) is 0.543. The summed E-state index contributed by atoms with van der Waals surface area (Å²) in [4.78, 5) is 16.2. The second-order valence-corrected chi connectivity index (χ2v) is 7.69. The monoisotopic (exact) mass is 413 g/mol. The average molecular weight is 413 g/mol. The molecule has 1 amide bonds. The molecule has 0 saturated heterocycles. The molecule has 30 heavy (non-hydrogen) atoms. The summed E-state index contributed by atoms with van der Waals surface area (Å²) in [6.07, 6.45) is 5.58. The van der Waals surface area contributed by atoms with Gasteiger partial charge in [-0.1, -0.05) is 0 Å². The van der Waals surface area contributed by atoms with Gasteiger partial charge >= 0.3 is 6.09 Å². The van der Waals surface area contributed by atoms with E-state index in [1.807, 2.05) is 32.9 Å². The highest BCUT2D eigenvalue weighted by molar-refractivity contribution is 5.72. The van der Waals surface area contributed by atoms with Crippen LogP contribution in [0.2, 0.25) is 0 Å². The zero-order valence-corrected chi connectivity index (χ0v) is 17.4. The fraction of sp³-hybridized carbons (Fsp3) is 0.500. The summed E-state index contributed by atoms with van der Waals surface area (Å²) < 4.78 is 12.7. The van der Waals surface area contributed by atoms with Crippen molar-refractivity contribution in [2.75, 3.05) is 11.9 Å². The minimum atomic E-state index is -0.353. The molecule has 4 rings (SSSR count). The van der Waals surface area contributed by atoms with Crippen molar-refractivity contribution in [1.29, 1.82) is 0 Å². The standard InChI is InChI=1S/C20H27N7O3/c1-4-29-18-11-16-19(21-7-8-27(16)26-18)23-17-10-15(24-25-17)13-5-6-14(9-13)30-20(28)22-12(2)3/h7-8,10-14H,4-6,9H2,1-3H3,(H,22,28)(H2,21,23,24,25). The van der Waals surface area contributed by atoms with Gasteiger partial charge in [-0.3, -0.25) is 5.10 Å². The van der Waals surface area contributed by atoms with E-state index < -0.39 is 0 Å². The van der Waals surface area contributed by atoms with Crippen molar-refractivity contribution in [2.24, 2.45) is 0 Å². The Morgan fingerprint density at radius 2 is 2.23 bits per heavy atom. The first kappa shape index (κ1) is 20.0. The fourth-order valence-electron chi connectivity index (χ4n) is 3.70. The molecule has 3 aromatic rings. The SMILES string of the molecule is CCOc1cc2c(Nc3cc(C4CCC(OC(=O)NC(C)C)C4)[nH]n3)nccn2n1. The second-order valence-electron chi connectivity index (χ2n) is 7.69. The van der Waals surface area contributed by atoms with Gasteiger partial charge in [0.1, 0.15) is 11.6 Å². The second kappa shape index (κ2) is 8.60. The van der Waals surface area contributed by atoms with Crippen LogP contribution in [-0.4, -0.2) is 49.6 Å². The number of aromatic nitrogens is 5. The highest BCUT2D eigenvalue weighted by atomic mass is 16.6. The van der Waals surface area contributed by atoms with Crippen molar-refractivity contribution in [3.05, 3.63) is 30.2 Å². The molecule has 3 heterocycles. The summed E-state index contributed by atoms with van der Waals surface area (Å²) in [7, 11) is 0. The van der Waals surface area contributed by atoms with Crippen molar-refractivity contribution in [3.63, 3.8) is 0 Å². The third-order valence-electron chi connectivity index (χ3n) is 5.01. The number of anilines is 2. The molecule has 10 nitrogen and oxygen atoms in total. The van der Waals surface area contributed by atoms with Gasteiger partial charge in [-0.25, -0.2) is 14.3 Å². The van der Waals surface area contributed by atoms with Crippen LogP contribution in [0.3, 0.4) is 0 Å². The predicted octanol–water partition coefficient (Wildman–Crippen LogP) is 3.37. The van der Waals surface area contributed by atoms with Gasteiger partial charge in [-0.05, 0) is 40.0 Å². The van der Waals surface area contributed by atoms with Crippen LogP contribution in [0.5, 0.6) is 5.88 Å². The lowest BCUT2D eigenvalue weighted by Crippen LogP contribution is -2.33. The van der Waals surface area contributed by atoms with Gasteiger partial charge in [-0.15, -0.1) is 5.10 Å². The molecular weight excluding hydrogens is 386 g/mol. The van der Waals surface area contributed by atoms with Gasteiger partial charge in [0, 0.05) is 42.2 Å². The predicted molar refractivity (Wildman–Crippen MR) is 111 cm³/mol. The summed E-state index contributed by atoms with van der Waals surface area (Å²) in [5.74, 6) is 2.14. The average Bonchev–Trinajstić information content (AvgIpc) is 3.41. The molecule has 0 aliphatic heterocycles. The number of nitrogens with one attached hydrogen (secondary N) is 3. The van der Waals surface area contributed by atoms with Crippen molar-refractivity contribution >= 4 is 23.2 Å². The number of carbonyl (C=O) groups is 1. The molecule has 1 aliphatic rings. The van der Waals surface area contributed by atoms with E-state index >= 15 is 0 Å². The molecule has 1 saturated carbocycles. The Morgan fingerprint density at radius 1 is 1.37 bits per heavy atom. The molecule has 0 radical (unpaired) electrons. The van der Waals surface area contributed by atoms with Crippen molar-refractivity contribution in [2.45, 2.75) is 58.1 Å². The number of rotatable bonds is 7. The Hall–Kier alpha value is -3.30. The molecule has 2 unspecified atom stereocenters. The molecule has 0 spiro atoms. The number of carbonyl (C=O) groups excluding carboxylic acids is 1. The maximum atomic E-state index is 11.8. The van der Waals surface area contributed by atoms with Crippen LogP contribution in [0, 0.1) is 0 Å². The fourth-order valence-corrected chi connectivity index (χ4v) is 3.70. The van der Waals surface area contributed by atoms with Crippen LogP contribution in [0.4, 0.5) is 16.4 Å². The number of nitrogens with zero attached hydrogens (tertiary/aromatic N) is 4. The number of H-pyrrole nitrogens is 1. The molecule has 0 bridgehead atoms. The van der Waals surface area contributed by atoms with E-state index in [0.29, 0.717) is 24.1 Å². The zero-order chi connectivity index (χ0) is 21.1. The topological polar surface area (TPSA) is 118 Å². The number of fused-ring (bicyclic) bond motifs is 1. The first-order chi connectivity index (χ1) is 14.5. The normalized spacial score (nSPS) is 18.7. The Morgan fingerprint density at radius 3 is 3.03 bits per heavy atom. The van der Waals surface area contributed by atoms with Crippen LogP contribution in [0.1, 0.15) is 51.6 Å². The molecule has 10 heteroatoms.